The molecule has 0 spiro atoms. The number of nitrogens with one attached hydrogen (secondary N) is 1. The van der Waals surface area contributed by atoms with Crippen LogP contribution in [0.5, 0.6) is 0 Å². The van der Waals surface area contributed by atoms with Crippen LogP contribution in [0.3, 0.4) is 0 Å². The SMILES string of the molecule is COC(=O)CNC(=O)CCC/C=C\CCCCCCC/C=C\CCCCO. The van der Waals surface area contributed by atoms with Crippen molar-refractivity contribution in [1.29, 1.82) is 0 Å². The van der Waals surface area contributed by atoms with Gasteiger partial charge in [0.2, 0.25) is 5.91 Å². The zero-order valence-electron chi connectivity index (χ0n) is 17.1. The molecule has 5 nitrogen and oxygen atoms in total. The summed E-state index contributed by atoms with van der Waals surface area (Å²) >= 11 is 0. The summed E-state index contributed by atoms with van der Waals surface area (Å²) in [7, 11) is 1.31. The number of ether oxygens (including phenoxy) is 1. The van der Waals surface area contributed by atoms with Crippen molar-refractivity contribution in [3.05, 3.63) is 24.3 Å². The molecule has 0 aromatic rings. The molecule has 0 aromatic carbocycles. The number of methoxy groups -OCH3 is 1. The molecule has 0 bridgehead atoms. The first-order valence-electron chi connectivity index (χ1n) is 10.4. The van der Waals surface area contributed by atoms with E-state index in [-0.39, 0.29) is 12.5 Å². The van der Waals surface area contributed by atoms with Gasteiger partial charge in [0.05, 0.1) is 7.11 Å². The number of aliphatic hydroxyl groups excluding tert-OH is 1. The van der Waals surface area contributed by atoms with E-state index in [4.69, 9.17) is 5.11 Å². The van der Waals surface area contributed by atoms with Gasteiger partial charge in [-0.25, -0.2) is 0 Å². The summed E-state index contributed by atoms with van der Waals surface area (Å²) < 4.78 is 4.46. The molecule has 1 amide bonds. The Morgan fingerprint density at radius 2 is 1.26 bits per heavy atom. The normalized spacial score (nSPS) is 11.3. The second-order valence-electron chi connectivity index (χ2n) is 6.75. The first kappa shape index (κ1) is 25.4. The van der Waals surface area contributed by atoms with Gasteiger partial charge >= 0.3 is 5.97 Å². The van der Waals surface area contributed by atoms with Gasteiger partial charge in [-0.2, -0.15) is 0 Å². The average Bonchev–Trinajstić information content (AvgIpc) is 2.68. The lowest BCUT2D eigenvalue weighted by molar-refractivity contribution is -0.141. The Balaban J connectivity index is 3.29. The van der Waals surface area contributed by atoms with E-state index in [9.17, 15) is 9.59 Å². The molecule has 0 saturated heterocycles. The smallest absolute Gasteiger partial charge is 0.325 e. The van der Waals surface area contributed by atoms with Crippen LogP contribution in [0.25, 0.3) is 0 Å². The number of carbonyl (C=O) groups is 2. The van der Waals surface area contributed by atoms with Gasteiger partial charge in [-0.3, -0.25) is 9.59 Å². The standard InChI is InChI=1S/C22H39NO4/c1-27-22(26)20-23-21(25)18-16-14-12-10-8-6-4-2-3-5-7-9-11-13-15-17-19-24/h9-12,24H,2-8,13-20H2,1H3,(H,23,25)/b11-9-,12-10-. The molecule has 0 aliphatic carbocycles. The first-order valence-corrected chi connectivity index (χ1v) is 10.4. The van der Waals surface area contributed by atoms with Crippen LogP contribution in [0.4, 0.5) is 0 Å². The Hall–Kier alpha value is -1.62. The number of hydrogen-bond donors (Lipinski definition) is 2. The van der Waals surface area contributed by atoms with Crippen molar-refractivity contribution in [3.8, 4) is 0 Å². The second kappa shape index (κ2) is 20.7. The zero-order chi connectivity index (χ0) is 20.0. The molecule has 27 heavy (non-hydrogen) atoms. The predicted octanol–water partition coefficient (Wildman–Crippen LogP) is 4.45. The topological polar surface area (TPSA) is 75.6 Å². The fourth-order valence-electron chi connectivity index (χ4n) is 2.61. The van der Waals surface area contributed by atoms with Crippen LogP contribution in [0.2, 0.25) is 0 Å². The lowest BCUT2D eigenvalue weighted by Gasteiger charge is -2.02. The molecule has 0 aromatic heterocycles. The summed E-state index contributed by atoms with van der Waals surface area (Å²) in [6, 6.07) is 0. The summed E-state index contributed by atoms with van der Waals surface area (Å²) in [5.41, 5.74) is 0. The highest BCUT2D eigenvalue weighted by atomic mass is 16.5. The molecule has 0 rings (SSSR count). The minimum absolute atomic E-state index is 0.0495. The molecule has 0 unspecified atom stereocenters. The molecule has 156 valence electrons. The Labute approximate surface area is 165 Å². The monoisotopic (exact) mass is 381 g/mol. The van der Waals surface area contributed by atoms with E-state index in [0.29, 0.717) is 13.0 Å². The van der Waals surface area contributed by atoms with Crippen molar-refractivity contribution in [1.82, 2.24) is 5.32 Å². The van der Waals surface area contributed by atoms with Crippen LogP contribution in [-0.2, 0) is 14.3 Å². The number of allylic oxidation sites excluding steroid dienone is 4. The summed E-state index contributed by atoms with van der Waals surface area (Å²) in [6.07, 6.45) is 22.8. The number of esters is 1. The van der Waals surface area contributed by atoms with E-state index in [0.717, 1.165) is 38.5 Å². The van der Waals surface area contributed by atoms with Crippen LogP contribution in [-0.4, -0.2) is 37.2 Å². The Morgan fingerprint density at radius 3 is 1.78 bits per heavy atom. The molecule has 0 aliphatic rings. The van der Waals surface area contributed by atoms with E-state index >= 15 is 0 Å². The van der Waals surface area contributed by atoms with E-state index in [2.05, 4.69) is 34.4 Å². The highest BCUT2D eigenvalue weighted by Gasteiger charge is 2.03. The lowest BCUT2D eigenvalue weighted by atomic mass is 10.1. The average molecular weight is 382 g/mol. The fourth-order valence-corrected chi connectivity index (χ4v) is 2.61. The van der Waals surface area contributed by atoms with Gasteiger partial charge in [0.15, 0.2) is 0 Å². The summed E-state index contributed by atoms with van der Waals surface area (Å²) in [6.45, 7) is 0.255. The maximum atomic E-state index is 11.5. The third kappa shape index (κ3) is 20.5. The van der Waals surface area contributed by atoms with E-state index in [1.165, 1.54) is 45.6 Å². The van der Waals surface area contributed by atoms with Crippen molar-refractivity contribution in [2.45, 2.75) is 83.5 Å². The largest absolute Gasteiger partial charge is 0.468 e. The van der Waals surface area contributed by atoms with Gasteiger partial charge in [-0.05, 0) is 57.8 Å². The number of amides is 1. The molecule has 2 N–H and O–H groups in total. The van der Waals surface area contributed by atoms with Gasteiger partial charge in [-0.1, -0.05) is 43.6 Å². The Kier molecular flexibility index (Phi) is 19.4. The minimum atomic E-state index is -0.422. The van der Waals surface area contributed by atoms with Crippen LogP contribution in [0, 0.1) is 0 Å². The van der Waals surface area contributed by atoms with Gasteiger partial charge < -0.3 is 15.2 Å². The number of unbranched alkanes of at least 4 members (excludes halogenated alkanes) is 9. The minimum Gasteiger partial charge on any atom is -0.468 e. The fraction of sp³-hybridized carbons (Fsp3) is 0.727. The third-order valence-electron chi connectivity index (χ3n) is 4.29. The van der Waals surface area contributed by atoms with Crippen molar-refractivity contribution in [3.63, 3.8) is 0 Å². The van der Waals surface area contributed by atoms with Crippen molar-refractivity contribution >= 4 is 11.9 Å². The molecule has 0 atom stereocenters. The molecule has 5 heteroatoms. The first-order chi connectivity index (χ1) is 13.2. The second-order valence-corrected chi connectivity index (χ2v) is 6.75. The molecular weight excluding hydrogens is 342 g/mol. The maximum absolute atomic E-state index is 11.5. The van der Waals surface area contributed by atoms with Crippen molar-refractivity contribution < 1.29 is 19.4 Å². The summed E-state index contributed by atoms with van der Waals surface area (Å²) in [5.74, 6) is -0.525. The molecule has 0 radical (unpaired) electrons. The summed E-state index contributed by atoms with van der Waals surface area (Å²) in [4.78, 5) is 22.4. The highest BCUT2D eigenvalue weighted by molar-refractivity contribution is 5.81. The Morgan fingerprint density at radius 1 is 0.778 bits per heavy atom. The van der Waals surface area contributed by atoms with Gasteiger partial charge in [0.25, 0.3) is 0 Å². The molecule has 0 saturated carbocycles. The number of hydrogen-bond acceptors (Lipinski definition) is 4. The van der Waals surface area contributed by atoms with E-state index < -0.39 is 5.97 Å². The van der Waals surface area contributed by atoms with Crippen LogP contribution < -0.4 is 5.32 Å². The predicted molar refractivity (Wildman–Crippen MR) is 110 cm³/mol. The molecular formula is C22H39NO4. The Bertz CT molecular complexity index is 419. The summed E-state index contributed by atoms with van der Waals surface area (Å²) in [5, 5.41) is 11.2. The van der Waals surface area contributed by atoms with Crippen LogP contribution >= 0.6 is 0 Å². The number of rotatable bonds is 18. The van der Waals surface area contributed by atoms with Gasteiger partial charge in [-0.15, -0.1) is 0 Å². The maximum Gasteiger partial charge on any atom is 0.325 e. The van der Waals surface area contributed by atoms with Crippen molar-refractivity contribution in [2.75, 3.05) is 20.3 Å². The van der Waals surface area contributed by atoms with Gasteiger partial charge in [0, 0.05) is 13.0 Å². The molecule has 0 heterocycles. The quantitative estimate of drug-likeness (QED) is 0.209. The molecule has 0 fully saturated rings. The highest BCUT2D eigenvalue weighted by Crippen LogP contribution is 2.09. The molecule has 0 aliphatic heterocycles. The van der Waals surface area contributed by atoms with E-state index in [1.54, 1.807) is 0 Å². The van der Waals surface area contributed by atoms with Crippen LogP contribution in [0.15, 0.2) is 24.3 Å². The number of carbonyl (C=O) groups excluding carboxylic acids is 2. The zero-order valence-corrected chi connectivity index (χ0v) is 17.1. The van der Waals surface area contributed by atoms with Crippen molar-refractivity contribution in [2.24, 2.45) is 0 Å². The van der Waals surface area contributed by atoms with E-state index in [1.807, 2.05) is 0 Å². The third-order valence-corrected chi connectivity index (χ3v) is 4.29. The van der Waals surface area contributed by atoms with Gasteiger partial charge in [0.1, 0.15) is 6.54 Å². The van der Waals surface area contributed by atoms with Crippen LogP contribution in [0.1, 0.15) is 83.5 Å². The lowest BCUT2D eigenvalue weighted by Crippen LogP contribution is -2.29. The number of aliphatic hydroxyl groups is 1.